The summed E-state index contributed by atoms with van der Waals surface area (Å²) in [5, 5.41) is 3.39. The average molecular weight is 420 g/mol. The van der Waals surface area contributed by atoms with Crippen LogP contribution in [-0.4, -0.2) is 59.4 Å². The molecule has 1 fully saturated rings. The van der Waals surface area contributed by atoms with Gasteiger partial charge in [0.15, 0.2) is 0 Å². The van der Waals surface area contributed by atoms with Crippen LogP contribution >= 0.6 is 0 Å². The van der Waals surface area contributed by atoms with Crippen LogP contribution in [0.1, 0.15) is 36.0 Å². The molecule has 0 aromatic carbocycles. The summed E-state index contributed by atoms with van der Waals surface area (Å²) in [6, 6.07) is 2.06. The second kappa shape index (κ2) is 8.14. The SMILES string of the molecule is [C-]#[N+]CN1CN(C2CCC(CNCC(F)(F)F)CC2)c2c(cnc3[nH]ccc23)C1=O. The number of hydrogen-bond acceptors (Lipinski definition) is 4. The van der Waals surface area contributed by atoms with Crippen LogP contribution in [-0.2, 0) is 0 Å². The molecule has 2 N–H and O–H groups in total. The molecule has 0 spiro atoms. The number of carbonyl (C=O) groups is 1. The predicted molar refractivity (Wildman–Crippen MR) is 106 cm³/mol. The minimum Gasteiger partial charge on any atom is -0.349 e. The van der Waals surface area contributed by atoms with Crippen LogP contribution in [0.5, 0.6) is 0 Å². The number of H-pyrrole nitrogens is 1. The lowest BCUT2D eigenvalue weighted by Crippen LogP contribution is -2.52. The summed E-state index contributed by atoms with van der Waals surface area (Å²) < 4.78 is 37.1. The Bertz CT molecular complexity index is 958. The minimum atomic E-state index is -4.19. The Morgan fingerprint density at radius 1 is 1.30 bits per heavy atom. The zero-order valence-corrected chi connectivity index (χ0v) is 16.4. The van der Waals surface area contributed by atoms with Crippen molar-refractivity contribution >= 4 is 22.6 Å². The van der Waals surface area contributed by atoms with Gasteiger partial charge in [0, 0.05) is 23.8 Å². The first-order chi connectivity index (χ1) is 14.4. The summed E-state index contributed by atoms with van der Waals surface area (Å²) in [6.45, 7) is 6.88. The molecule has 1 aliphatic heterocycles. The van der Waals surface area contributed by atoms with Crippen LogP contribution in [0.15, 0.2) is 18.5 Å². The Balaban J connectivity index is 1.51. The highest BCUT2D eigenvalue weighted by Gasteiger charge is 2.37. The van der Waals surface area contributed by atoms with Gasteiger partial charge in [-0.3, -0.25) is 14.5 Å². The minimum absolute atomic E-state index is 0.0172. The molecule has 1 saturated carbocycles. The molecule has 160 valence electrons. The first-order valence-electron chi connectivity index (χ1n) is 10.00. The van der Waals surface area contributed by atoms with Gasteiger partial charge >= 0.3 is 6.18 Å². The van der Waals surface area contributed by atoms with Crippen LogP contribution < -0.4 is 10.2 Å². The average Bonchev–Trinajstić information content (AvgIpc) is 3.19. The van der Waals surface area contributed by atoms with Crippen LogP contribution in [0.2, 0.25) is 0 Å². The van der Waals surface area contributed by atoms with Crippen molar-refractivity contribution in [2.24, 2.45) is 5.92 Å². The van der Waals surface area contributed by atoms with Gasteiger partial charge in [0.1, 0.15) is 12.3 Å². The highest BCUT2D eigenvalue weighted by molar-refractivity contribution is 6.08. The van der Waals surface area contributed by atoms with E-state index in [2.05, 4.69) is 25.0 Å². The quantitative estimate of drug-likeness (QED) is 0.728. The van der Waals surface area contributed by atoms with Gasteiger partial charge in [-0.1, -0.05) is 0 Å². The standard InChI is InChI=1S/C20H23F3N6O/c1-24-11-28-12-29(14-4-2-13(3-5-14)8-25-10-20(21,22)23)17-15-6-7-26-18(15)27-9-16(17)19(28)30/h6-7,9,13-14,25H,2-5,8,10-12H2,(H,26,27). The molecule has 10 heteroatoms. The zero-order valence-electron chi connectivity index (χ0n) is 16.4. The van der Waals surface area contributed by atoms with E-state index < -0.39 is 12.7 Å². The molecule has 30 heavy (non-hydrogen) atoms. The van der Waals surface area contributed by atoms with Gasteiger partial charge in [-0.25, -0.2) is 11.6 Å². The molecule has 0 saturated heterocycles. The molecule has 0 unspecified atom stereocenters. The van der Waals surface area contributed by atoms with E-state index in [0.29, 0.717) is 24.4 Å². The van der Waals surface area contributed by atoms with E-state index in [1.807, 2.05) is 6.07 Å². The van der Waals surface area contributed by atoms with Gasteiger partial charge in [-0.2, -0.15) is 13.2 Å². The Morgan fingerprint density at radius 2 is 2.07 bits per heavy atom. The molecular formula is C20H23F3N6O. The van der Waals surface area contributed by atoms with Crippen LogP contribution in [0.3, 0.4) is 0 Å². The smallest absolute Gasteiger partial charge is 0.349 e. The van der Waals surface area contributed by atoms with E-state index >= 15 is 0 Å². The molecule has 0 atom stereocenters. The molecule has 3 heterocycles. The number of carbonyl (C=O) groups excluding carboxylic acids is 1. The number of pyridine rings is 1. The van der Waals surface area contributed by atoms with Crippen LogP contribution in [0.25, 0.3) is 15.9 Å². The topological polar surface area (TPSA) is 68.6 Å². The third-order valence-electron chi connectivity index (χ3n) is 5.94. The summed E-state index contributed by atoms with van der Waals surface area (Å²) in [6.07, 6.45) is 2.45. The fourth-order valence-corrected chi connectivity index (χ4v) is 4.52. The third-order valence-corrected chi connectivity index (χ3v) is 5.94. The number of hydrogen-bond donors (Lipinski definition) is 2. The molecule has 1 amide bonds. The van der Waals surface area contributed by atoms with Gasteiger partial charge in [0.05, 0.1) is 17.8 Å². The fraction of sp³-hybridized carbons (Fsp3) is 0.550. The van der Waals surface area contributed by atoms with Crippen molar-refractivity contribution in [1.29, 1.82) is 0 Å². The molecule has 2 aromatic rings. The van der Waals surface area contributed by atoms with E-state index in [-0.39, 0.29) is 24.5 Å². The van der Waals surface area contributed by atoms with Crippen molar-refractivity contribution in [2.45, 2.75) is 37.9 Å². The Labute approximate surface area is 172 Å². The number of aromatic nitrogens is 2. The van der Waals surface area contributed by atoms with Gasteiger partial charge in [0.25, 0.3) is 12.6 Å². The fourth-order valence-electron chi connectivity index (χ4n) is 4.52. The van der Waals surface area contributed by atoms with Crippen molar-refractivity contribution in [3.8, 4) is 0 Å². The molecule has 7 nitrogen and oxygen atoms in total. The second-order valence-corrected chi connectivity index (χ2v) is 7.94. The molecule has 4 rings (SSSR count). The predicted octanol–water partition coefficient (Wildman–Crippen LogP) is 3.37. The van der Waals surface area contributed by atoms with Gasteiger partial charge in [-0.05, 0) is 44.2 Å². The lowest BCUT2D eigenvalue weighted by Gasteiger charge is -2.43. The summed E-state index contributed by atoms with van der Waals surface area (Å²) in [5.41, 5.74) is 2.03. The Hall–Kier alpha value is -2.80. The number of anilines is 1. The first-order valence-corrected chi connectivity index (χ1v) is 10.00. The van der Waals surface area contributed by atoms with Crippen molar-refractivity contribution < 1.29 is 18.0 Å². The number of nitrogens with one attached hydrogen (secondary N) is 2. The summed E-state index contributed by atoms with van der Waals surface area (Å²) >= 11 is 0. The monoisotopic (exact) mass is 420 g/mol. The van der Waals surface area contributed by atoms with Gasteiger partial charge in [0.2, 0.25) is 0 Å². The molecule has 2 aliphatic rings. The van der Waals surface area contributed by atoms with Crippen molar-refractivity contribution in [3.63, 3.8) is 0 Å². The maximum Gasteiger partial charge on any atom is 0.401 e. The van der Waals surface area contributed by atoms with Crippen molar-refractivity contribution in [1.82, 2.24) is 20.2 Å². The molecule has 0 radical (unpaired) electrons. The number of halogens is 3. The molecule has 1 aliphatic carbocycles. The summed E-state index contributed by atoms with van der Waals surface area (Å²) in [4.78, 5) is 27.4. The summed E-state index contributed by atoms with van der Waals surface area (Å²) in [5.74, 6) is 0.0106. The third kappa shape index (κ3) is 4.07. The van der Waals surface area contributed by atoms with E-state index in [4.69, 9.17) is 6.57 Å². The van der Waals surface area contributed by atoms with Gasteiger partial charge in [-0.15, -0.1) is 0 Å². The van der Waals surface area contributed by atoms with Crippen LogP contribution in [0, 0.1) is 12.5 Å². The number of nitrogens with zero attached hydrogens (tertiary/aromatic N) is 4. The number of rotatable bonds is 5. The van der Waals surface area contributed by atoms with E-state index in [9.17, 15) is 18.0 Å². The molecule has 2 aromatic heterocycles. The lowest BCUT2D eigenvalue weighted by molar-refractivity contribution is -0.125. The molecule has 0 bridgehead atoms. The normalized spacial score (nSPS) is 22.3. The maximum absolute atomic E-state index is 12.9. The van der Waals surface area contributed by atoms with Crippen molar-refractivity contribution in [2.75, 3.05) is 31.3 Å². The second-order valence-electron chi connectivity index (χ2n) is 7.94. The lowest BCUT2D eigenvalue weighted by atomic mass is 9.84. The van der Waals surface area contributed by atoms with Crippen molar-refractivity contribution in [3.05, 3.63) is 35.4 Å². The molecular weight excluding hydrogens is 397 g/mol. The van der Waals surface area contributed by atoms with E-state index in [0.717, 1.165) is 36.8 Å². The van der Waals surface area contributed by atoms with Crippen LogP contribution in [0.4, 0.5) is 18.9 Å². The van der Waals surface area contributed by atoms with Gasteiger partial charge < -0.3 is 15.2 Å². The largest absolute Gasteiger partial charge is 0.401 e. The first kappa shape index (κ1) is 20.5. The Morgan fingerprint density at radius 3 is 2.77 bits per heavy atom. The number of aromatic amines is 1. The number of fused-ring (bicyclic) bond motifs is 3. The maximum atomic E-state index is 12.9. The number of amides is 1. The van der Waals surface area contributed by atoms with E-state index in [1.165, 1.54) is 4.90 Å². The zero-order chi connectivity index (χ0) is 21.3. The highest BCUT2D eigenvalue weighted by atomic mass is 19.4. The van der Waals surface area contributed by atoms with E-state index in [1.54, 1.807) is 12.4 Å². The number of alkyl halides is 3. The summed E-state index contributed by atoms with van der Waals surface area (Å²) in [7, 11) is 0. The Kier molecular flexibility index (Phi) is 5.56. The highest BCUT2D eigenvalue weighted by Crippen LogP contribution is 2.38.